The zero-order chi connectivity index (χ0) is 10.4. The number of hydrogen-bond donors (Lipinski definition) is 0. The van der Waals surface area contributed by atoms with Crippen molar-refractivity contribution in [3.8, 4) is 0 Å². The summed E-state index contributed by atoms with van der Waals surface area (Å²) in [6, 6.07) is 0.450. The van der Waals surface area contributed by atoms with E-state index in [4.69, 9.17) is 0 Å². The summed E-state index contributed by atoms with van der Waals surface area (Å²) >= 11 is 0. The Balaban J connectivity index is 2.34. The van der Waals surface area contributed by atoms with Gasteiger partial charge in [0, 0.05) is 12.5 Å². The van der Waals surface area contributed by atoms with Crippen LogP contribution in [0.2, 0.25) is 0 Å². The van der Waals surface area contributed by atoms with Gasteiger partial charge in [-0.3, -0.25) is 4.79 Å². The summed E-state index contributed by atoms with van der Waals surface area (Å²) in [5, 5.41) is 0. The van der Waals surface area contributed by atoms with Crippen molar-refractivity contribution in [1.82, 2.24) is 4.90 Å². The third-order valence-corrected chi connectivity index (χ3v) is 3.10. The lowest BCUT2D eigenvalue weighted by Crippen LogP contribution is -2.36. The van der Waals surface area contributed by atoms with Gasteiger partial charge in [-0.15, -0.1) is 0 Å². The average molecular weight is 197 g/mol. The second-order valence-corrected chi connectivity index (χ2v) is 4.56. The van der Waals surface area contributed by atoms with Gasteiger partial charge in [-0.2, -0.15) is 0 Å². The van der Waals surface area contributed by atoms with Crippen molar-refractivity contribution in [3.05, 3.63) is 0 Å². The highest BCUT2D eigenvalue weighted by Gasteiger charge is 2.15. The molecule has 0 radical (unpaired) electrons. The lowest BCUT2D eigenvalue weighted by Gasteiger charge is -2.30. The van der Waals surface area contributed by atoms with Gasteiger partial charge in [0.2, 0.25) is 0 Å². The van der Waals surface area contributed by atoms with E-state index in [0.717, 1.165) is 6.42 Å². The van der Waals surface area contributed by atoms with Gasteiger partial charge in [-0.05, 0) is 39.8 Å². The van der Waals surface area contributed by atoms with E-state index >= 15 is 0 Å². The first kappa shape index (κ1) is 11.7. The molecule has 0 N–H and O–H groups in total. The second kappa shape index (κ2) is 6.18. The first-order valence-corrected chi connectivity index (χ1v) is 5.93. The van der Waals surface area contributed by atoms with Crippen LogP contribution < -0.4 is 0 Å². The number of nitrogens with zero attached hydrogens (tertiary/aromatic N) is 1. The van der Waals surface area contributed by atoms with Crippen LogP contribution in [-0.4, -0.2) is 29.8 Å². The van der Waals surface area contributed by atoms with Crippen molar-refractivity contribution in [2.75, 3.05) is 13.1 Å². The van der Waals surface area contributed by atoms with E-state index in [2.05, 4.69) is 11.8 Å². The van der Waals surface area contributed by atoms with Gasteiger partial charge in [0.05, 0.1) is 0 Å². The molecule has 1 aliphatic heterocycles. The van der Waals surface area contributed by atoms with Crippen LogP contribution in [-0.2, 0) is 4.79 Å². The molecular formula is C12H23NO. The highest BCUT2D eigenvalue weighted by molar-refractivity contribution is 5.76. The second-order valence-electron chi connectivity index (χ2n) is 4.56. The van der Waals surface area contributed by atoms with Gasteiger partial charge >= 0.3 is 0 Å². The normalized spacial score (nSPS) is 22.4. The van der Waals surface area contributed by atoms with E-state index in [1.807, 2.05) is 0 Å². The Kier molecular flexibility index (Phi) is 5.16. The highest BCUT2D eigenvalue weighted by atomic mass is 16.1. The molecule has 14 heavy (non-hydrogen) atoms. The fourth-order valence-electron chi connectivity index (χ4n) is 2.26. The predicted molar refractivity (Wildman–Crippen MR) is 59.4 cm³/mol. The Morgan fingerprint density at radius 3 is 2.14 bits per heavy atom. The van der Waals surface area contributed by atoms with E-state index in [9.17, 15) is 4.79 Å². The van der Waals surface area contributed by atoms with Crippen molar-refractivity contribution in [3.63, 3.8) is 0 Å². The molecule has 0 saturated carbocycles. The van der Waals surface area contributed by atoms with Crippen molar-refractivity contribution in [2.45, 2.75) is 58.4 Å². The van der Waals surface area contributed by atoms with Crippen molar-refractivity contribution in [1.29, 1.82) is 0 Å². The van der Waals surface area contributed by atoms with Crippen molar-refractivity contribution >= 4 is 5.78 Å². The fourth-order valence-corrected chi connectivity index (χ4v) is 2.26. The minimum Gasteiger partial charge on any atom is -0.300 e. The molecule has 0 aliphatic carbocycles. The molecule has 0 spiro atoms. The molecule has 0 bridgehead atoms. The third-order valence-electron chi connectivity index (χ3n) is 3.10. The number of likely N-dealkylation sites (tertiary alicyclic amines) is 1. The summed E-state index contributed by atoms with van der Waals surface area (Å²) in [7, 11) is 0. The molecule has 1 aliphatic rings. The standard InChI is InChI=1S/C12H23NO/c1-11(10-12(2)14)13-8-6-4-3-5-7-9-13/h11H,3-10H2,1-2H3. The lowest BCUT2D eigenvalue weighted by molar-refractivity contribution is -0.118. The van der Waals surface area contributed by atoms with E-state index < -0.39 is 0 Å². The Labute approximate surface area is 87.7 Å². The molecule has 1 heterocycles. The first-order chi connectivity index (χ1) is 6.70. The molecule has 1 unspecified atom stereocenters. The van der Waals surface area contributed by atoms with Gasteiger partial charge in [0.25, 0.3) is 0 Å². The molecule has 0 aromatic heterocycles. The maximum Gasteiger partial charge on any atom is 0.131 e. The Bertz CT molecular complexity index is 171. The fraction of sp³-hybridized carbons (Fsp3) is 0.917. The summed E-state index contributed by atoms with van der Waals surface area (Å²) in [4.78, 5) is 13.5. The molecule has 1 atom stereocenters. The summed E-state index contributed by atoms with van der Waals surface area (Å²) in [5.41, 5.74) is 0. The van der Waals surface area contributed by atoms with Crippen LogP contribution in [0.25, 0.3) is 0 Å². The Morgan fingerprint density at radius 2 is 1.64 bits per heavy atom. The molecule has 1 fully saturated rings. The van der Waals surface area contributed by atoms with E-state index in [1.165, 1.54) is 45.2 Å². The van der Waals surface area contributed by atoms with Crippen molar-refractivity contribution < 1.29 is 4.79 Å². The zero-order valence-electron chi connectivity index (χ0n) is 9.59. The minimum absolute atomic E-state index is 0.319. The number of carbonyl (C=O) groups is 1. The van der Waals surface area contributed by atoms with Crippen LogP contribution in [0.5, 0.6) is 0 Å². The first-order valence-electron chi connectivity index (χ1n) is 5.93. The molecule has 0 amide bonds. The lowest BCUT2D eigenvalue weighted by atomic mass is 10.1. The minimum atomic E-state index is 0.319. The van der Waals surface area contributed by atoms with Crippen LogP contribution in [0, 0.1) is 0 Å². The molecule has 1 rings (SSSR count). The molecule has 1 saturated heterocycles. The highest BCUT2D eigenvalue weighted by Crippen LogP contribution is 2.14. The molecule has 0 aromatic carbocycles. The Morgan fingerprint density at radius 1 is 1.14 bits per heavy atom. The van der Waals surface area contributed by atoms with Gasteiger partial charge in [-0.1, -0.05) is 19.3 Å². The molecule has 2 heteroatoms. The van der Waals surface area contributed by atoms with Gasteiger partial charge in [0.1, 0.15) is 5.78 Å². The largest absolute Gasteiger partial charge is 0.300 e. The number of carbonyl (C=O) groups excluding carboxylic acids is 1. The third kappa shape index (κ3) is 4.23. The summed E-state index contributed by atoms with van der Waals surface area (Å²) in [5.74, 6) is 0.319. The Hall–Kier alpha value is -0.370. The molecular weight excluding hydrogens is 174 g/mol. The van der Waals surface area contributed by atoms with Crippen molar-refractivity contribution in [2.24, 2.45) is 0 Å². The summed E-state index contributed by atoms with van der Waals surface area (Å²) in [6.07, 6.45) is 7.46. The molecule has 82 valence electrons. The summed E-state index contributed by atoms with van der Waals surface area (Å²) < 4.78 is 0. The monoisotopic (exact) mass is 197 g/mol. The van der Waals surface area contributed by atoms with Crippen LogP contribution in [0.4, 0.5) is 0 Å². The quantitative estimate of drug-likeness (QED) is 0.693. The SMILES string of the molecule is CC(=O)CC(C)N1CCCCCCC1. The van der Waals surface area contributed by atoms with E-state index in [0.29, 0.717) is 11.8 Å². The van der Waals surface area contributed by atoms with E-state index in [-0.39, 0.29) is 0 Å². The van der Waals surface area contributed by atoms with Crippen LogP contribution in [0.1, 0.15) is 52.4 Å². The smallest absolute Gasteiger partial charge is 0.131 e. The maximum atomic E-state index is 11.0. The number of Topliss-reactive ketones (excluding diaryl/α,β-unsaturated/α-hetero) is 1. The number of ketones is 1. The average Bonchev–Trinajstić information content (AvgIpc) is 2.00. The zero-order valence-corrected chi connectivity index (χ0v) is 9.59. The topological polar surface area (TPSA) is 20.3 Å². The van der Waals surface area contributed by atoms with Crippen LogP contribution in [0.3, 0.4) is 0 Å². The van der Waals surface area contributed by atoms with E-state index in [1.54, 1.807) is 6.92 Å². The number of rotatable bonds is 3. The summed E-state index contributed by atoms with van der Waals surface area (Å²) in [6.45, 7) is 6.26. The molecule has 0 aromatic rings. The van der Waals surface area contributed by atoms with Gasteiger partial charge < -0.3 is 4.90 Å². The van der Waals surface area contributed by atoms with Gasteiger partial charge in [-0.25, -0.2) is 0 Å². The van der Waals surface area contributed by atoms with Crippen LogP contribution >= 0.6 is 0 Å². The van der Waals surface area contributed by atoms with Crippen LogP contribution in [0.15, 0.2) is 0 Å². The predicted octanol–water partition coefficient (Wildman–Crippen LogP) is 2.62. The van der Waals surface area contributed by atoms with Gasteiger partial charge in [0.15, 0.2) is 0 Å². The molecule has 2 nitrogen and oxygen atoms in total. The maximum absolute atomic E-state index is 11.0. The number of hydrogen-bond acceptors (Lipinski definition) is 2.